The molecule has 1 aromatic heterocycles. The summed E-state index contributed by atoms with van der Waals surface area (Å²) in [6, 6.07) is 8.02. The monoisotopic (exact) mass is 249 g/mol. The van der Waals surface area contributed by atoms with Crippen molar-refractivity contribution in [1.29, 1.82) is 0 Å². The number of halogens is 1. The molecule has 0 atom stereocenters. The molecule has 0 amide bonds. The first-order valence-electron chi connectivity index (χ1n) is 4.84. The lowest BCUT2D eigenvalue weighted by Gasteiger charge is -2.02. The van der Waals surface area contributed by atoms with Crippen molar-refractivity contribution < 1.29 is 4.92 Å². The molecule has 0 unspecified atom stereocenters. The van der Waals surface area contributed by atoms with Crippen LogP contribution in [0.5, 0.6) is 0 Å². The van der Waals surface area contributed by atoms with Crippen molar-refractivity contribution in [2.45, 2.75) is 5.88 Å². The zero-order valence-electron chi connectivity index (χ0n) is 8.71. The van der Waals surface area contributed by atoms with E-state index in [1.807, 2.05) is 0 Å². The average molecular weight is 250 g/mol. The van der Waals surface area contributed by atoms with Crippen molar-refractivity contribution in [3.05, 3.63) is 52.3 Å². The van der Waals surface area contributed by atoms with Crippen LogP contribution in [-0.2, 0) is 5.88 Å². The Kier molecular flexibility index (Phi) is 3.30. The Labute approximate surface area is 102 Å². The van der Waals surface area contributed by atoms with Crippen LogP contribution in [0.2, 0.25) is 0 Å². The number of aromatic nitrogens is 2. The van der Waals surface area contributed by atoms with Crippen molar-refractivity contribution in [3.63, 3.8) is 0 Å². The lowest BCUT2D eigenvalue weighted by atomic mass is 10.1. The number of nitro benzene ring substituents is 1. The number of hydrogen-bond acceptors (Lipinski definition) is 4. The van der Waals surface area contributed by atoms with Crippen LogP contribution in [0.3, 0.4) is 0 Å². The molecule has 0 saturated carbocycles. The van der Waals surface area contributed by atoms with Crippen LogP contribution in [0.4, 0.5) is 5.69 Å². The minimum absolute atomic E-state index is 0.0146. The Morgan fingerprint density at radius 2 is 2.06 bits per heavy atom. The Balaban J connectivity index is 2.56. The van der Waals surface area contributed by atoms with Crippen molar-refractivity contribution in [3.8, 4) is 11.4 Å². The highest BCUT2D eigenvalue weighted by Gasteiger charge is 2.16. The average Bonchev–Trinajstić information content (AvgIpc) is 2.39. The lowest BCUT2D eigenvalue weighted by molar-refractivity contribution is -0.384. The van der Waals surface area contributed by atoms with Crippen LogP contribution < -0.4 is 0 Å². The molecular formula is C11H8ClN3O2. The minimum Gasteiger partial charge on any atom is -0.258 e. The molecule has 1 aromatic carbocycles. The molecule has 0 N–H and O–H groups in total. The topological polar surface area (TPSA) is 68.9 Å². The van der Waals surface area contributed by atoms with Gasteiger partial charge in [0.2, 0.25) is 0 Å². The Morgan fingerprint density at radius 1 is 1.29 bits per heavy atom. The second-order valence-electron chi connectivity index (χ2n) is 3.28. The molecule has 86 valence electrons. The fraction of sp³-hybridized carbons (Fsp3) is 0.0909. The van der Waals surface area contributed by atoms with Crippen molar-refractivity contribution >= 4 is 17.3 Å². The molecule has 0 fully saturated rings. The largest absolute Gasteiger partial charge is 0.280 e. The van der Waals surface area contributed by atoms with E-state index in [1.165, 1.54) is 12.3 Å². The van der Waals surface area contributed by atoms with Gasteiger partial charge in [-0.3, -0.25) is 10.1 Å². The fourth-order valence-corrected chi connectivity index (χ4v) is 1.57. The van der Waals surface area contributed by atoms with E-state index in [2.05, 4.69) is 9.97 Å². The second-order valence-corrected chi connectivity index (χ2v) is 3.55. The summed E-state index contributed by atoms with van der Waals surface area (Å²) in [7, 11) is 0. The summed E-state index contributed by atoms with van der Waals surface area (Å²) in [6.45, 7) is 0. The van der Waals surface area contributed by atoms with Gasteiger partial charge < -0.3 is 0 Å². The zero-order chi connectivity index (χ0) is 12.3. The fourth-order valence-electron chi connectivity index (χ4n) is 1.42. The van der Waals surface area contributed by atoms with E-state index in [0.29, 0.717) is 17.1 Å². The van der Waals surface area contributed by atoms with Gasteiger partial charge in [-0.1, -0.05) is 12.1 Å². The van der Waals surface area contributed by atoms with E-state index in [0.717, 1.165) is 0 Å². The minimum atomic E-state index is -0.452. The van der Waals surface area contributed by atoms with E-state index < -0.39 is 4.92 Å². The van der Waals surface area contributed by atoms with Crippen molar-refractivity contribution in [1.82, 2.24) is 9.97 Å². The third-order valence-electron chi connectivity index (χ3n) is 2.19. The molecule has 0 spiro atoms. The predicted octanol–water partition coefficient (Wildman–Crippen LogP) is 2.79. The first-order chi connectivity index (χ1) is 8.22. The number of alkyl halides is 1. The van der Waals surface area contributed by atoms with E-state index in [9.17, 15) is 10.1 Å². The van der Waals surface area contributed by atoms with E-state index in [1.54, 1.807) is 24.3 Å². The highest BCUT2D eigenvalue weighted by Crippen LogP contribution is 2.26. The number of rotatable bonds is 3. The van der Waals surface area contributed by atoms with Crippen LogP contribution in [0, 0.1) is 10.1 Å². The SMILES string of the molecule is O=[N+]([O-])c1ccccc1-c1nccc(CCl)n1. The molecule has 2 aromatic rings. The number of hydrogen-bond donors (Lipinski definition) is 0. The summed E-state index contributed by atoms with van der Waals surface area (Å²) in [5, 5.41) is 10.9. The maximum Gasteiger partial charge on any atom is 0.280 e. The van der Waals surface area contributed by atoms with Gasteiger partial charge in [0.15, 0.2) is 5.82 Å². The van der Waals surface area contributed by atoms with Gasteiger partial charge in [0.1, 0.15) is 0 Å². The van der Waals surface area contributed by atoms with Crippen LogP contribution in [-0.4, -0.2) is 14.9 Å². The predicted molar refractivity (Wildman–Crippen MR) is 63.7 cm³/mol. The standard InChI is InChI=1S/C11H8ClN3O2/c12-7-8-5-6-13-11(14-8)9-3-1-2-4-10(9)15(16)17/h1-6H,7H2. The molecule has 0 aliphatic carbocycles. The third-order valence-corrected chi connectivity index (χ3v) is 2.47. The smallest absolute Gasteiger partial charge is 0.258 e. The Hall–Kier alpha value is -2.01. The van der Waals surface area contributed by atoms with Gasteiger partial charge in [-0.25, -0.2) is 9.97 Å². The summed E-state index contributed by atoms with van der Waals surface area (Å²) in [5.74, 6) is 0.561. The maximum atomic E-state index is 10.9. The third kappa shape index (κ3) is 2.39. The second kappa shape index (κ2) is 4.88. The number of nitrogens with zero attached hydrogens (tertiary/aromatic N) is 3. The lowest BCUT2D eigenvalue weighted by Crippen LogP contribution is -1.97. The van der Waals surface area contributed by atoms with E-state index in [-0.39, 0.29) is 11.6 Å². The molecule has 2 rings (SSSR count). The van der Waals surface area contributed by atoms with E-state index in [4.69, 9.17) is 11.6 Å². The van der Waals surface area contributed by atoms with Crippen molar-refractivity contribution in [2.24, 2.45) is 0 Å². The van der Waals surface area contributed by atoms with Crippen LogP contribution in [0.1, 0.15) is 5.69 Å². The van der Waals surface area contributed by atoms with Gasteiger partial charge in [-0.05, 0) is 12.1 Å². The van der Waals surface area contributed by atoms with Crippen molar-refractivity contribution in [2.75, 3.05) is 0 Å². The highest BCUT2D eigenvalue weighted by molar-refractivity contribution is 6.16. The molecule has 0 aliphatic rings. The van der Waals surface area contributed by atoms with Crippen LogP contribution >= 0.6 is 11.6 Å². The first kappa shape index (κ1) is 11.5. The first-order valence-corrected chi connectivity index (χ1v) is 5.37. The maximum absolute atomic E-state index is 10.9. The highest BCUT2D eigenvalue weighted by atomic mass is 35.5. The van der Waals surface area contributed by atoms with Gasteiger partial charge in [0, 0.05) is 12.3 Å². The van der Waals surface area contributed by atoms with Crippen LogP contribution in [0.15, 0.2) is 36.5 Å². The zero-order valence-corrected chi connectivity index (χ0v) is 9.46. The quantitative estimate of drug-likeness (QED) is 0.476. The molecule has 1 heterocycles. The molecule has 0 aliphatic heterocycles. The van der Waals surface area contributed by atoms with Gasteiger partial charge in [-0.15, -0.1) is 11.6 Å². The van der Waals surface area contributed by atoms with E-state index >= 15 is 0 Å². The summed E-state index contributed by atoms with van der Waals surface area (Å²) in [5.41, 5.74) is 1.01. The van der Waals surface area contributed by atoms with Crippen LogP contribution in [0.25, 0.3) is 11.4 Å². The number of nitro groups is 1. The van der Waals surface area contributed by atoms with Gasteiger partial charge in [-0.2, -0.15) is 0 Å². The van der Waals surface area contributed by atoms with Gasteiger partial charge >= 0.3 is 0 Å². The number of benzene rings is 1. The molecule has 6 heteroatoms. The molecule has 17 heavy (non-hydrogen) atoms. The summed E-state index contributed by atoms with van der Waals surface area (Å²) in [4.78, 5) is 18.6. The number of para-hydroxylation sites is 1. The molecule has 0 bridgehead atoms. The Morgan fingerprint density at radius 3 is 2.76 bits per heavy atom. The molecule has 0 radical (unpaired) electrons. The normalized spacial score (nSPS) is 10.2. The summed E-state index contributed by atoms with van der Waals surface area (Å²) in [6.07, 6.45) is 1.54. The van der Waals surface area contributed by atoms with Gasteiger partial charge in [0.25, 0.3) is 5.69 Å². The molecule has 5 nitrogen and oxygen atoms in total. The van der Waals surface area contributed by atoms with Gasteiger partial charge in [0.05, 0.1) is 22.1 Å². The summed E-state index contributed by atoms with van der Waals surface area (Å²) < 4.78 is 0. The Bertz CT molecular complexity index is 560. The molecular weight excluding hydrogens is 242 g/mol. The summed E-state index contributed by atoms with van der Waals surface area (Å²) >= 11 is 5.66. The molecule has 0 saturated heterocycles.